The van der Waals surface area contributed by atoms with Crippen molar-refractivity contribution in [1.82, 2.24) is 19.7 Å². The Bertz CT molecular complexity index is 1650. The standard InChI is InChI=1S/C23H16ClF3N4O4/c1-10-20(11(2)35-30-10)14-7-15-13(8-18(14)33-3)21-16(9-28-15)29-22(32)31(21)17-5-4-12(24)6-19(17)34-23(25,26)27/h4-9H,1-3H3,(H,29,32). The second-order valence-electron chi connectivity index (χ2n) is 7.71. The third-order valence-corrected chi connectivity index (χ3v) is 5.76. The quantitative estimate of drug-likeness (QED) is 0.337. The van der Waals surface area contributed by atoms with Gasteiger partial charge in [0.15, 0.2) is 5.75 Å². The first kappa shape index (κ1) is 22.8. The number of ether oxygens (including phenoxy) is 2. The highest BCUT2D eigenvalue weighted by Crippen LogP contribution is 2.40. The molecule has 3 heterocycles. The van der Waals surface area contributed by atoms with Crippen LogP contribution in [0.4, 0.5) is 13.2 Å². The van der Waals surface area contributed by atoms with Gasteiger partial charge in [-0.05, 0) is 38.1 Å². The molecule has 1 N–H and O–H groups in total. The zero-order chi connectivity index (χ0) is 25.1. The minimum atomic E-state index is -4.99. The number of aromatic amines is 1. The van der Waals surface area contributed by atoms with Gasteiger partial charge in [-0.3, -0.25) is 9.55 Å². The molecule has 0 bridgehead atoms. The summed E-state index contributed by atoms with van der Waals surface area (Å²) in [6.45, 7) is 3.56. The zero-order valence-electron chi connectivity index (χ0n) is 18.5. The van der Waals surface area contributed by atoms with Gasteiger partial charge in [-0.25, -0.2) is 4.79 Å². The molecule has 0 aliphatic carbocycles. The second kappa shape index (κ2) is 8.05. The Kier molecular flexibility index (Phi) is 5.24. The van der Waals surface area contributed by atoms with E-state index in [0.29, 0.717) is 39.2 Å². The maximum absolute atomic E-state index is 13.1. The van der Waals surface area contributed by atoms with Crippen LogP contribution in [0.25, 0.3) is 38.8 Å². The van der Waals surface area contributed by atoms with Gasteiger partial charge in [0, 0.05) is 22.0 Å². The minimum absolute atomic E-state index is 0.0122. The molecule has 0 unspecified atom stereocenters. The Morgan fingerprint density at radius 3 is 2.57 bits per heavy atom. The molecule has 2 aromatic carbocycles. The number of fused-ring (bicyclic) bond motifs is 3. The SMILES string of the molecule is COc1cc2c(cc1-c1c(C)noc1C)ncc1[nH]c(=O)n(-c3ccc(Cl)cc3OC(F)(F)F)c12. The van der Waals surface area contributed by atoms with Crippen LogP contribution in [0.3, 0.4) is 0 Å². The van der Waals surface area contributed by atoms with E-state index in [1.165, 1.54) is 25.4 Å². The summed E-state index contributed by atoms with van der Waals surface area (Å²) in [6, 6.07) is 7.05. The number of nitrogens with one attached hydrogen (secondary N) is 1. The van der Waals surface area contributed by atoms with Crippen molar-refractivity contribution in [2.75, 3.05) is 7.11 Å². The fourth-order valence-corrected chi connectivity index (χ4v) is 4.31. The van der Waals surface area contributed by atoms with Gasteiger partial charge in [-0.1, -0.05) is 16.8 Å². The number of imidazole rings is 1. The van der Waals surface area contributed by atoms with E-state index in [2.05, 4.69) is 19.9 Å². The molecule has 5 rings (SSSR count). The highest BCUT2D eigenvalue weighted by molar-refractivity contribution is 6.30. The van der Waals surface area contributed by atoms with Crippen molar-refractivity contribution in [2.45, 2.75) is 20.2 Å². The molecule has 3 aromatic heterocycles. The predicted octanol–water partition coefficient (Wildman–Crippen LogP) is 5.70. The zero-order valence-corrected chi connectivity index (χ0v) is 19.2. The third-order valence-electron chi connectivity index (χ3n) is 5.52. The lowest BCUT2D eigenvalue weighted by molar-refractivity contribution is -0.274. The fourth-order valence-electron chi connectivity index (χ4n) is 4.15. The van der Waals surface area contributed by atoms with Crippen LogP contribution in [-0.2, 0) is 0 Å². The van der Waals surface area contributed by atoms with E-state index in [1.54, 1.807) is 26.0 Å². The molecule has 5 aromatic rings. The molecule has 0 radical (unpaired) electrons. The molecule has 0 amide bonds. The number of hydrogen-bond donors (Lipinski definition) is 1. The normalized spacial score (nSPS) is 12.0. The van der Waals surface area contributed by atoms with Crippen LogP contribution in [0.1, 0.15) is 11.5 Å². The Balaban J connectivity index is 1.84. The number of methoxy groups -OCH3 is 1. The van der Waals surface area contributed by atoms with Crippen molar-refractivity contribution in [2.24, 2.45) is 0 Å². The molecule has 0 spiro atoms. The van der Waals surface area contributed by atoms with Crippen molar-refractivity contribution >= 4 is 33.5 Å². The van der Waals surface area contributed by atoms with Crippen LogP contribution in [0.2, 0.25) is 5.02 Å². The van der Waals surface area contributed by atoms with E-state index in [1.807, 2.05) is 0 Å². The summed E-state index contributed by atoms with van der Waals surface area (Å²) < 4.78 is 55.5. The predicted molar refractivity (Wildman–Crippen MR) is 122 cm³/mol. The summed E-state index contributed by atoms with van der Waals surface area (Å²) in [5, 5.41) is 4.45. The van der Waals surface area contributed by atoms with E-state index in [4.69, 9.17) is 20.9 Å². The number of halogens is 4. The number of hydrogen-bond acceptors (Lipinski definition) is 6. The van der Waals surface area contributed by atoms with Crippen molar-refractivity contribution < 1.29 is 27.2 Å². The fraction of sp³-hybridized carbons (Fsp3) is 0.174. The van der Waals surface area contributed by atoms with Gasteiger partial charge in [0.1, 0.15) is 11.5 Å². The number of nitrogens with zero attached hydrogens (tertiary/aromatic N) is 3. The maximum Gasteiger partial charge on any atom is 0.573 e. The van der Waals surface area contributed by atoms with Crippen molar-refractivity contribution in [3.8, 4) is 28.3 Å². The largest absolute Gasteiger partial charge is 0.573 e. The monoisotopic (exact) mass is 504 g/mol. The molecule has 8 nitrogen and oxygen atoms in total. The summed E-state index contributed by atoms with van der Waals surface area (Å²) in [5.41, 5.74) is 2.28. The van der Waals surface area contributed by atoms with E-state index in [9.17, 15) is 18.0 Å². The molecule has 35 heavy (non-hydrogen) atoms. The lowest BCUT2D eigenvalue weighted by atomic mass is 10.0. The number of H-pyrrole nitrogens is 1. The maximum atomic E-state index is 13.1. The number of aryl methyl sites for hydroxylation is 2. The number of aromatic nitrogens is 4. The molecule has 0 aliphatic rings. The summed E-state index contributed by atoms with van der Waals surface area (Å²) in [5.74, 6) is 0.386. The van der Waals surface area contributed by atoms with E-state index in [-0.39, 0.29) is 16.2 Å². The van der Waals surface area contributed by atoms with Crippen LogP contribution in [0.15, 0.2) is 45.8 Å². The first-order valence-electron chi connectivity index (χ1n) is 10.2. The van der Waals surface area contributed by atoms with Crippen molar-refractivity contribution in [3.05, 3.63) is 63.5 Å². The molecule has 0 saturated heterocycles. The van der Waals surface area contributed by atoms with Crippen LogP contribution in [0, 0.1) is 13.8 Å². The Morgan fingerprint density at radius 2 is 1.91 bits per heavy atom. The van der Waals surface area contributed by atoms with Gasteiger partial charge in [0.2, 0.25) is 0 Å². The van der Waals surface area contributed by atoms with Crippen molar-refractivity contribution in [1.29, 1.82) is 0 Å². The summed E-state index contributed by atoms with van der Waals surface area (Å²) in [7, 11) is 1.48. The van der Waals surface area contributed by atoms with Gasteiger partial charge in [0.05, 0.1) is 46.8 Å². The average Bonchev–Trinajstić information content (AvgIpc) is 3.30. The molecule has 12 heteroatoms. The van der Waals surface area contributed by atoms with Crippen LogP contribution < -0.4 is 15.2 Å². The summed E-state index contributed by atoms with van der Waals surface area (Å²) in [6.07, 6.45) is -3.56. The first-order chi connectivity index (χ1) is 16.6. The topological polar surface area (TPSA) is 95.2 Å². The third kappa shape index (κ3) is 3.87. The Morgan fingerprint density at radius 1 is 1.14 bits per heavy atom. The van der Waals surface area contributed by atoms with E-state index < -0.39 is 17.8 Å². The molecular formula is C23H16ClF3N4O4. The van der Waals surface area contributed by atoms with Crippen molar-refractivity contribution in [3.63, 3.8) is 0 Å². The van der Waals surface area contributed by atoms with Gasteiger partial charge >= 0.3 is 12.1 Å². The number of alkyl halides is 3. The number of benzene rings is 2. The molecule has 0 aliphatic heterocycles. The number of rotatable bonds is 4. The molecule has 0 saturated carbocycles. The van der Waals surface area contributed by atoms with Crippen LogP contribution in [0.5, 0.6) is 11.5 Å². The van der Waals surface area contributed by atoms with Gasteiger partial charge < -0.3 is 19.0 Å². The smallest absolute Gasteiger partial charge is 0.496 e. The Labute approximate surface area is 199 Å². The van der Waals surface area contributed by atoms with E-state index in [0.717, 1.165) is 16.2 Å². The summed E-state index contributed by atoms with van der Waals surface area (Å²) >= 11 is 5.91. The molecule has 0 fully saturated rings. The lowest BCUT2D eigenvalue weighted by Gasteiger charge is -2.15. The summed E-state index contributed by atoms with van der Waals surface area (Å²) in [4.78, 5) is 20.0. The highest BCUT2D eigenvalue weighted by Gasteiger charge is 2.33. The molecule has 0 atom stereocenters. The highest BCUT2D eigenvalue weighted by atomic mass is 35.5. The molecular weight excluding hydrogens is 489 g/mol. The van der Waals surface area contributed by atoms with Crippen LogP contribution in [-0.4, -0.2) is 33.2 Å². The average molecular weight is 505 g/mol. The van der Waals surface area contributed by atoms with Gasteiger partial charge in [0.25, 0.3) is 0 Å². The van der Waals surface area contributed by atoms with E-state index >= 15 is 0 Å². The van der Waals surface area contributed by atoms with Gasteiger partial charge in [-0.15, -0.1) is 13.2 Å². The lowest BCUT2D eigenvalue weighted by Crippen LogP contribution is -2.21. The van der Waals surface area contributed by atoms with Gasteiger partial charge in [-0.2, -0.15) is 0 Å². The van der Waals surface area contributed by atoms with Crippen LogP contribution >= 0.6 is 11.6 Å². The molecule has 180 valence electrons. The second-order valence-corrected chi connectivity index (χ2v) is 8.15. The number of pyridine rings is 1. The minimum Gasteiger partial charge on any atom is -0.496 e. The Hall–Kier alpha value is -3.99. The first-order valence-corrected chi connectivity index (χ1v) is 10.6.